The molecule has 5 heteroatoms. The molecule has 0 saturated carbocycles. The van der Waals surface area contributed by atoms with Gasteiger partial charge in [0.15, 0.2) is 0 Å². The van der Waals surface area contributed by atoms with Crippen molar-refractivity contribution < 1.29 is 9.21 Å². The molecular formula is C19H23N3O2. The van der Waals surface area contributed by atoms with Crippen molar-refractivity contribution in [2.24, 2.45) is 0 Å². The number of hydrogen-bond donors (Lipinski definition) is 2. The number of carbonyl (C=O) groups excluding carboxylic acids is 1. The number of furan rings is 1. The maximum Gasteiger partial charge on any atom is 0.270 e. The third-order valence-corrected chi connectivity index (χ3v) is 4.16. The summed E-state index contributed by atoms with van der Waals surface area (Å²) in [6, 6.07) is 7.29. The number of nitrogens with one attached hydrogen (secondary N) is 2. The first kappa shape index (κ1) is 16.3. The molecule has 0 saturated heterocycles. The molecule has 0 spiro atoms. The molecule has 2 aromatic rings. The molecule has 5 nitrogen and oxygen atoms in total. The van der Waals surface area contributed by atoms with Crippen LogP contribution in [0.15, 0.2) is 52.8 Å². The Hall–Kier alpha value is -2.56. The first-order chi connectivity index (χ1) is 11.8. The van der Waals surface area contributed by atoms with E-state index in [1.54, 1.807) is 30.2 Å². The zero-order chi connectivity index (χ0) is 16.6. The maximum absolute atomic E-state index is 12.2. The van der Waals surface area contributed by atoms with Gasteiger partial charge in [-0.3, -0.25) is 9.78 Å². The van der Waals surface area contributed by atoms with E-state index < -0.39 is 0 Å². The number of nitrogens with zero attached hydrogens (tertiary/aromatic N) is 1. The molecule has 0 unspecified atom stereocenters. The maximum atomic E-state index is 12.2. The van der Waals surface area contributed by atoms with E-state index >= 15 is 0 Å². The third-order valence-electron chi connectivity index (χ3n) is 4.16. The lowest BCUT2D eigenvalue weighted by Crippen LogP contribution is -2.23. The van der Waals surface area contributed by atoms with Crippen LogP contribution >= 0.6 is 0 Å². The van der Waals surface area contributed by atoms with Gasteiger partial charge < -0.3 is 15.1 Å². The van der Waals surface area contributed by atoms with E-state index in [9.17, 15) is 4.79 Å². The lowest BCUT2D eigenvalue weighted by Gasteiger charge is -2.13. The van der Waals surface area contributed by atoms with Gasteiger partial charge in [-0.05, 0) is 56.4 Å². The van der Waals surface area contributed by atoms with Crippen LogP contribution in [-0.4, -0.2) is 17.4 Å². The highest BCUT2D eigenvalue weighted by atomic mass is 16.3. The Bertz CT molecular complexity index is 692. The molecule has 0 atom stereocenters. The molecule has 1 aliphatic carbocycles. The van der Waals surface area contributed by atoms with Gasteiger partial charge in [0.1, 0.15) is 11.5 Å². The Labute approximate surface area is 142 Å². The van der Waals surface area contributed by atoms with Crippen molar-refractivity contribution in [3.63, 3.8) is 0 Å². The fourth-order valence-corrected chi connectivity index (χ4v) is 2.83. The van der Waals surface area contributed by atoms with E-state index in [1.807, 2.05) is 12.1 Å². The lowest BCUT2D eigenvalue weighted by atomic mass is 9.97. The Morgan fingerprint density at radius 3 is 3.04 bits per heavy atom. The van der Waals surface area contributed by atoms with E-state index in [-0.39, 0.29) is 5.91 Å². The molecule has 0 fully saturated rings. The summed E-state index contributed by atoms with van der Waals surface area (Å²) in [6.07, 6.45) is 11.7. The molecule has 24 heavy (non-hydrogen) atoms. The van der Waals surface area contributed by atoms with Crippen LogP contribution < -0.4 is 10.6 Å². The molecule has 126 valence electrons. The van der Waals surface area contributed by atoms with Crippen molar-refractivity contribution in [3.8, 4) is 0 Å². The summed E-state index contributed by atoms with van der Waals surface area (Å²) in [5.74, 6) is 0.517. The van der Waals surface area contributed by atoms with Crippen molar-refractivity contribution in [3.05, 3.63) is 59.8 Å². The van der Waals surface area contributed by atoms with Crippen LogP contribution in [0.25, 0.3) is 0 Å². The first-order valence-electron chi connectivity index (χ1n) is 8.50. The van der Waals surface area contributed by atoms with Crippen molar-refractivity contribution in [2.45, 2.75) is 38.6 Å². The predicted octanol–water partition coefficient (Wildman–Crippen LogP) is 3.91. The number of hydrogen-bond acceptors (Lipinski definition) is 4. The summed E-state index contributed by atoms with van der Waals surface area (Å²) >= 11 is 0. The van der Waals surface area contributed by atoms with Crippen LogP contribution in [0.4, 0.5) is 5.69 Å². The zero-order valence-corrected chi connectivity index (χ0v) is 13.8. The average Bonchev–Trinajstić information content (AvgIpc) is 3.14. The minimum Gasteiger partial charge on any atom is -0.467 e. The molecule has 0 radical (unpaired) electrons. The minimum atomic E-state index is -0.204. The summed E-state index contributed by atoms with van der Waals surface area (Å²) in [6.45, 7) is 1.24. The van der Waals surface area contributed by atoms with Crippen LogP contribution in [0.3, 0.4) is 0 Å². The number of amides is 1. The Balaban J connectivity index is 1.49. The Morgan fingerprint density at radius 2 is 2.25 bits per heavy atom. The van der Waals surface area contributed by atoms with E-state index in [4.69, 9.17) is 4.42 Å². The predicted molar refractivity (Wildman–Crippen MR) is 93.8 cm³/mol. The van der Waals surface area contributed by atoms with Gasteiger partial charge in [-0.25, -0.2) is 0 Å². The topological polar surface area (TPSA) is 67.2 Å². The normalized spacial score (nSPS) is 14.1. The number of carbonyl (C=O) groups is 1. The molecule has 0 bridgehead atoms. The van der Waals surface area contributed by atoms with E-state index in [2.05, 4.69) is 21.7 Å². The number of anilines is 1. The highest BCUT2D eigenvalue weighted by Crippen LogP contribution is 2.20. The number of pyridine rings is 1. The second-order valence-corrected chi connectivity index (χ2v) is 5.98. The number of rotatable bonds is 7. The number of aromatic nitrogens is 1. The monoisotopic (exact) mass is 325 g/mol. The molecule has 1 amide bonds. The molecule has 2 N–H and O–H groups in total. The second kappa shape index (κ2) is 8.34. The van der Waals surface area contributed by atoms with Gasteiger partial charge in [0.05, 0.1) is 12.8 Å². The number of allylic oxidation sites excluding steroid dienone is 1. The van der Waals surface area contributed by atoms with Crippen molar-refractivity contribution in [2.75, 3.05) is 11.9 Å². The first-order valence-corrected chi connectivity index (χ1v) is 8.50. The van der Waals surface area contributed by atoms with E-state index in [0.29, 0.717) is 12.2 Å². The van der Waals surface area contributed by atoms with Crippen LogP contribution in [-0.2, 0) is 6.54 Å². The van der Waals surface area contributed by atoms with Gasteiger partial charge in [0.25, 0.3) is 5.91 Å². The summed E-state index contributed by atoms with van der Waals surface area (Å²) in [5, 5.41) is 6.18. The molecule has 0 aliphatic heterocycles. The molecule has 1 aliphatic rings. The van der Waals surface area contributed by atoms with Crippen molar-refractivity contribution in [1.82, 2.24) is 10.3 Å². The Morgan fingerprint density at radius 1 is 1.29 bits per heavy atom. The summed E-state index contributed by atoms with van der Waals surface area (Å²) in [4.78, 5) is 16.3. The Kier molecular flexibility index (Phi) is 5.66. The van der Waals surface area contributed by atoms with Crippen LogP contribution in [0, 0.1) is 0 Å². The van der Waals surface area contributed by atoms with Gasteiger partial charge in [0.2, 0.25) is 0 Å². The standard InChI is InChI=1S/C19H23N3O2/c23-19(22-14-17-7-4-12-24-17)18-13-16(9-11-21-18)20-10-8-15-5-2-1-3-6-15/h4-5,7,9,11-13H,1-3,6,8,10,14H2,(H,20,21)(H,22,23). The fraction of sp³-hybridized carbons (Fsp3) is 0.368. The highest BCUT2D eigenvalue weighted by Gasteiger charge is 2.09. The lowest BCUT2D eigenvalue weighted by molar-refractivity contribution is 0.0943. The largest absolute Gasteiger partial charge is 0.467 e. The molecule has 2 heterocycles. The summed E-state index contributed by atoms with van der Waals surface area (Å²) < 4.78 is 5.20. The van der Waals surface area contributed by atoms with E-state index in [1.165, 1.54) is 25.7 Å². The highest BCUT2D eigenvalue weighted by molar-refractivity contribution is 5.93. The summed E-state index contributed by atoms with van der Waals surface area (Å²) in [5.41, 5.74) is 2.87. The molecule has 3 rings (SSSR count). The van der Waals surface area contributed by atoms with Crippen molar-refractivity contribution in [1.29, 1.82) is 0 Å². The minimum absolute atomic E-state index is 0.204. The zero-order valence-electron chi connectivity index (χ0n) is 13.8. The second-order valence-electron chi connectivity index (χ2n) is 5.98. The van der Waals surface area contributed by atoms with Gasteiger partial charge in [-0.1, -0.05) is 11.6 Å². The molecule has 0 aromatic carbocycles. The van der Waals surface area contributed by atoms with Crippen LogP contribution in [0.5, 0.6) is 0 Å². The van der Waals surface area contributed by atoms with Gasteiger partial charge >= 0.3 is 0 Å². The SMILES string of the molecule is O=C(NCc1ccco1)c1cc(NCCC2=CCCCC2)ccn1. The third kappa shape index (κ3) is 4.72. The van der Waals surface area contributed by atoms with Gasteiger partial charge in [-0.2, -0.15) is 0 Å². The summed E-state index contributed by atoms with van der Waals surface area (Å²) in [7, 11) is 0. The fourth-order valence-electron chi connectivity index (χ4n) is 2.83. The molecule has 2 aromatic heterocycles. The van der Waals surface area contributed by atoms with Crippen molar-refractivity contribution >= 4 is 11.6 Å². The smallest absolute Gasteiger partial charge is 0.270 e. The quantitative estimate of drug-likeness (QED) is 0.758. The molecular weight excluding hydrogens is 302 g/mol. The van der Waals surface area contributed by atoms with Crippen LogP contribution in [0.1, 0.15) is 48.4 Å². The van der Waals surface area contributed by atoms with Crippen LogP contribution in [0.2, 0.25) is 0 Å². The average molecular weight is 325 g/mol. The van der Waals surface area contributed by atoms with Gasteiger partial charge in [0, 0.05) is 18.4 Å². The van der Waals surface area contributed by atoms with E-state index in [0.717, 1.165) is 24.4 Å². The van der Waals surface area contributed by atoms with Gasteiger partial charge in [-0.15, -0.1) is 0 Å².